The molecule has 7 nitrogen and oxygen atoms in total. The molecule has 0 aliphatic heterocycles. The average Bonchev–Trinajstić information content (AvgIpc) is 3.36. The lowest BCUT2D eigenvalue weighted by Crippen LogP contribution is -2.41. The fourth-order valence-corrected chi connectivity index (χ4v) is 10.7. The van der Waals surface area contributed by atoms with E-state index in [2.05, 4.69) is 58.5 Å². The largest absolute Gasteiger partial charge is 0.466 e. The van der Waals surface area contributed by atoms with Gasteiger partial charge in [0.25, 0.3) is 0 Å². The van der Waals surface area contributed by atoms with E-state index < -0.39 is 0 Å². The topological polar surface area (TPSA) is 76.2 Å². The lowest BCUT2D eigenvalue weighted by molar-refractivity contribution is -0.145. The van der Waals surface area contributed by atoms with E-state index in [1.807, 2.05) is 0 Å². The third-order valence-electron chi connectivity index (χ3n) is 15.5. The molecule has 0 aromatic rings. The molecule has 2 unspecified atom stereocenters. The van der Waals surface area contributed by atoms with Crippen molar-refractivity contribution in [3.8, 4) is 0 Å². The monoisotopic (exact) mass is 1000 g/mol. The van der Waals surface area contributed by atoms with Crippen LogP contribution in [0, 0.1) is 11.8 Å². The third kappa shape index (κ3) is 47.8. The Labute approximate surface area is 444 Å². The van der Waals surface area contributed by atoms with Gasteiger partial charge in [0.15, 0.2) is 0 Å². The molecule has 7 heteroatoms. The molecule has 2 atom stereocenters. The minimum atomic E-state index is -0.0442. The van der Waals surface area contributed by atoms with E-state index in [0.29, 0.717) is 50.2 Å². The van der Waals surface area contributed by atoms with Crippen LogP contribution < -0.4 is 0 Å². The molecular weight excluding hydrogens is 877 g/mol. The SMILES string of the molecule is CCCCCCCCCCC(CCCCCCC(=O)OCC(CCCCCC)CCCCCCCC)N(CCCN(C)C)C(=O)CCCCCCC(=O)OCCC(CCCCCCC)CCCCCCC. The van der Waals surface area contributed by atoms with E-state index in [-0.39, 0.29) is 18.0 Å². The Bertz CT molecular complexity index is 1120. The number of esters is 2. The molecule has 0 fully saturated rings. The van der Waals surface area contributed by atoms with Gasteiger partial charge < -0.3 is 19.3 Å². The predicted octanol–water partition coefficient (Wildman–Crippen LogP) is 19.5. The van der Waals surface area contributed by atoms with Gasteiger partial charge in [-0.05, 0) is 90.3 Å². The molecule has 0 N–H and O–H groups in total. The summed E-state index contributed by atoms with van der Waals surface area (Å²) in [7, 11) is 4.26. The summed E-state index contributed by atoms with van der Waals surface area (Å²) in [6.07, 6.45) is 55.1. The van der Waals surface area contributed by atoms with Crippen molar-refractivity contribution in [3.05, 3.63) is 0 Å². The van der Waals surface area contributed by atoms with Gasteiger partial charge in [-0.15, -0.1) is 0 Å². The first-order valence-corrected chi connectivity index (χ1v) is 32.0. The standard InChI is InChI=1S/C64H126N2O5/c1-8-13-18-23-25-26-30-39-49-61(50-40-31-33-43-53-64(69)71-58-60(47-35-22-17-12-5)48-38-29-24-19-14-9-2)66(56-44-55-65(6)7)62(67)51-41-32-34-42-52-63(68)70-57-54-59(45-36-27-20-15-10-3)46-37-28-21-16-11-4/h59-61H,8-58H2,1-7H3. The number of amides is 1. The Hall–Kier alpha value is -1.63. The molecule has 0 aliphatic carbocycles. The van der Waals surface area contributed by atoms with Crippen LogP contribution in [-0.4, -0.2) is 74.1 Å². The number of carbonyl (C=O) groups is 3. The van der Waals surface area contributed by atoms with Crippen LogP contribution in [0.4, 0.5) is 0 Å². The van der Waals surface area contributed by atoms with Crippen LogP contribution >= 0.6 is 0 Å². The highest BCUT2D eigenvalue weighted by Gasteiger charge is 2.23. The zero-order chi connectivity index (χ0) is 52.1. The number of nitrogens with zero attached hydrogens (tertiary/aromatic N) is 2. The van der Waals surface area contributed by atoms with Crippen molar-refractivity contribution in [2.24, 2.45) is 11.8 Å². The first kappa shape index (κ1) is 69.4. The van der Waals surface area contributed by atoms with E-state index in [1.165, 1.54) is 205 Å². The molecule has 1 amide bonds. The number of carbonyl (C=O) groups excluding carboxylic acids is 3. The number of hydrogen-bond acceptors (Lipinski definition) is 6. The lowest BCUT2D eigenvalue weighted by atomic mass is 9.92. The van der Waals surface area contributed by atoms with Crippen molar-refractivity contribution in [1.29, 1.82) is 0 Å². The van der Waals surface area contributed by atoms with Gasteiger partial charge in [-0.3, -0.25) is 14.4 Å². The number of hydrogen-bond donors (Lipinski definition) is 0. The second-order valence-electron chi connectivity index (χ2n) is 22.8. The number of unbranched alkanes of at least 4 members (excludes halogenated alkanes) is 29. The highest BCUT2D eigenvalue weighted by atomic mass is 16.5. The minimum Gasteiger partial charge on any atom is -0.466 e. The fraction of sp³-hybridized carbons (Fsp3) is 0.953. The Morgan fingerprint density at radius 1 is 0.338 bits per heavy atom. The molecule has 0 saturated carbocycles. The molecule has 422 valence electrons. The van der Waals surface area contributed by atoms with Gasteiger partial charge in [-0.1, -0.05) is 259 Å². The average molecular weight is 1000 g/mol. The number of ether oxygens (including phenoxy) is 2. The van der Waals surface area contributed by atoms with Crippen molar-refractivity contribution in [2.45, 2.75) is 342 Å². The molecular formula is C64H126N2O5. The molecule has 0 saturated heterocycles. The molecule has 71 heavy (non-hydrogen) atoms. The predicted molar refractivity (Wildman–Crippen MR) is 308 cm³/mol. The van der Waals surface area contributed by atoms with E-state index in [9.17, 15) is 14.4 Å². The highest BCUT2D eigenvalue weighted by Crippen LogP contribution is 2.25. The van der Waals surface area contributed by atoms with Gasteiger partial charge in [-0.2, -0.15) is 0 Å². The van der Waals surface area contributed by atoms with E-state index >= 15 is 0 Å². The second-order valence-corrected chi connectivity index (χ2v) is 22.8. The summed E-state index contributed by atoms with van der Waals surface area (Å²) in [5.74, 6) is 1.46. The Balaban J connectivity index is 5.13. The van der Waals surface area contributed by atoms with Crippen LogP contribution in [0.2, 0.25) is 0 Å². The van der Waals surface area contributed by atoms with Crippen LogP contribution in [0.25, 0.3) is 0 Å². The molecule has 0 aliphatic rings. The summed E-state index contributed by atoms with van der Waals surface area (Å²) >= 11 is 0. The highest BCUT2D eigenvalue weighted by molar-refractivity contribution is 5.76. The summed E-state index contributed by atoms with van der Waals surface area (Å²) in [6.45, 7) is 14.4. The number of rotatable bonds is 57. The maximum absolute atomic E-state index is 14.1. The summed E-state index contributed by atoms with van der Waals surface area (Å²) in [6, 6.07) is 0.284. The van der Waals surface area contributed by atoms with E-state index in [0.717, 1.165) is 90.1 Å². The minimum absolute atomic E-state index is 0.0115. The van der Waals surface area contributed by atoms with Crippen LogP contribution in [0.1, 0.15) is 336 Å². The van der Waals surface area contributed by atoms with Gasteiger partial charge in [-0.25, -0.2) is 0 Å². The molecule has 0 bridgehead atoms. The molecule has 0 aromatic carbocycles. The van der Waals surface area contributed by atoms with Gasteiger partial charge in [0, 0.05) is 31.8 Å². The summed E-state index contributed by atoms with van der Waals surface area (Å²) in [5, 5.41) is 0. The maximum Gasteiger partial charge on any atom is 0.305 e. The summed E-state index contributed by atoms with van der Waals surface area (Å²) < 4.78 is 11.7. The second kappa shape index (κ2) is 54.6. The Kier molecular flexibility index (Phi) is 53.4. The zero-order valence-corrected chi connectivity index (χ0v) is 49.2. The van der Waals surface area contributed by atoms with Gasteiger partial charge >= 0.3 is 11.9 Å². The maximum atomic E-state index is 14.1. The lowest BCUT2D eigenvalue weighted by Gasteiger charge is -2.33. The molecule has 0 heterocycles. The Morgan fingerprint density at radius 2 is 0.676 bits per heavy atom. The van der Waals surface area contributed by atoms with Gasteiger partial charge in [0.1, 0.15) is 0 Å². The van der Waals surface area contributed by atoms with Crippen molar-refractivity contribution < 1.29 is 23.9 Å². The molecule has 0 radical (unpaired) electrons. The first-order chi connectivity index (χ1) is 34.7. The summed E-state index contributed by atoms with van der Waals surface area (Å²) in [5.41, 5.74) is 0. The zero-order valence-electron chi connectivity index (χ0n) is 49.2. The van der Waals surface area contributed by atoms with Crippen molar-refractivity contribution in [3.63, 3.8) is 0 Å². The summed E-state index contributed by atoms with van der Waals surface area (Å²) in [4.78, 5) is 44.3. The van der Waals surface area contributed by atoms with Crippen molar-refractivity contribution in [1.82, 2.24) is 9.80 Å². The molecule has 0 spiro atoms. The molecule has 0 rings (SSSR count). The van der Waals surface area contributed by atoms with Gasteiger partial charge in [0.2, 0.25) is 5.91 Å². The van der Waals surface area contributed by atoms with Crippen LogP contribution in [0.3, 0.4) is 0 Å². The van der Waals surface area contributed by atoms with E-state index in [1.54, 1.807) is 0 Å². The van der Waals surface area contributed by atoms with Crippen molar-refractivity contribution in [2.75, 3.05) is 40.4 Å². The first-order valence-electron chi connectivity index (χ1n) is 32.0. The van der Waals surface area contributed by atoms with Crippen molar-refractivity contribution >= 4 is 17.8 Å². The smallest absolute Gasteiger partial charge is 0.305 e. The third-order valence-corrected chi connectivity index (χ3v) is 15.5. The molecule has 0 aromatic heterocycles. The quantitative estimate of drug-likeness (QED) is 0.0446. The van der Waals surface area contributed by atoms with E-state index in [4.69, 9.17) is 9.47 Å². The van der Waals surface area contributed by atoms with Crippen LogP contribution in [-0.2, 0) is 23.9 Å². The fourth-order valence-electron chi connectivity index (χ4n) is 10.7. The Morgan fingerprint density at radius 3 is 1.10 bits per heavy atom. The van der Waals surface area contributed by atoms with Gasteiger partial charge in [0.05, 0.1) is 13.2 Å². The van der Waals surface area contributed by atoms with Crippen LogP contribution in [0.5, 0.6) is 0 Å². The normalized spacial score (nSPS) is 12.5. The van der Waals surface area contributed by atoms with Crippen LogP contribution in [0.15, 0.2) is 0 Å².